The first-order chi connectivity index (χ1) is 8.83. The second-order valence-electron chi connectivity index (χ2n) is 3.95. The molecule has 5 heteroatoms. The maximum Gasteiger partial charge on any atom is 0.203 e. The van der Waals surface area contributed by atoms with E-state index < -0.39 is 0 Å². The van der Waals surface area contributed by atoms with Crippen LogP contribution in [0.1, 0.15) is 11.3 Å². The van der Waals surface area contributed by atoms with Gasteiger partial charge >= 0.3 is 0 Å². The van der Waals surface area contributed by atoms with Crippen LogP contribution in [-0.2, 0) is 0 Å². The summed E-state index contributed by atoms with van der Waals surface area (Å²) in [5, 5.41) is 8.18. The molecule has 1 aromatic carbocycles. The minimum Gasteiger partial charge on any atom is -0.361 e. The molecule has 3 rings (SSSR count). The molecule has 0 radical (unpaired) electrons. The molecule has 0 spiro atoms. The Morgan fingerprint density at radius 2 is 2.33 bits per heavy atom. The summed E-state index contributed by atoms with van der Waals surface area (Å²) in [6.07, 6.45) is 3.74. The number of fused-ring (bicyclic) bond motifs is 1. The van der Waals surface area contributed by atoms with Gasteiger partial charge in [-0.2, -0.15) is 5.10 Å². The molecule has 3 aromatic rings. The highest BCUT2D eigenvalue weighted by Crippen LogP contribution is 2.16. The van der Waals surface area contributed by atoms with Gasteiger partial charge in [0.1, 0.15) is 0 Å². The first-order valence-corrected chi connectivity index (χ1v) is 6.48. The van der Waals surface area contributed by atoms with Gasteiger partial charge in [0.05, 0.1) is 11.9 Å². The Balaban J connectivity index is 1.81. The van der Waals surface area contributed by atoms with Gasteiger partial charge in [-0.1, -0.05) is 12.1 Å². The SMILES string of the molecule is Cc1csc(NN=Cc2cccc3[nH]ccc23)n1. The third-order valence-corrected chi connectivity index (χ3v) is 3.48. The zero-order valence-electron chi connectivity index (χ0n) is 9.84. The number of hydrazone groups is 1. The molecule has 2 aromatic heterocycles. The molecule has 0 saturated carbocycles. The van der Waals surface area contributed by atoms with E-state index in [1.807, 2.05) is 49.0 Å². The summed E-state index contributed by atoms with van der Waals surface area (Å²) < 4.78 is 0. The Hall–Kier alpha value is -2.14. The first-order valence-electron chi connectivity index (χ1n) is 5.60. The van der Waals surface area contributed by atoms with Gasteiger partial charge in [-0.3, -0.25) is 5.43 Å². The van der Waals surface area contributed by atoms with Crippen molar-refractivity contribution in [2.45, 2.75) is 6.92 Å². The molecule has 0 bridgehead atoms. The zero-order chi connectivity index (χ0) is 12.4. The second-order valence-corrected chi connectivity index (χ2v) is 4.81. The Bertz CT molecular complexity index is 696. The Morgan fingerprint density at radius 1 is 1.39 bits per heavy atom. The summed E-state index contributed by atoms with van der Waals surface area (Å²) in [6.45, 7) is 1.96. The van der Waals surface area contributed by atoms with Crippen molar-refractivity contribution in [1.82, 2.24) is 9.97 Å². The fraction of sp³-hybridized carbons (Fsp3) is 0.0769. The smallest absolute Gasteiger partial charge is 0.203 e. The highest BCUT2D eigenvalue weighted by molar-refractivity contribution is 7.13. The third-order valence-electron chi connectivity index (χ3n) is 2.61. The predicted molar refractivity (Wildman–Crippen MR) is 76.4 cm³/mol. The number of rotatable bonds is 3. The van der Waals surface area contributed by atoms with Crippen LogP contribution >= 0.6 is 11.3 Å². The Morgan fingerprint density at radius 3 is 3.17 bits per heavy atom. The highest BCUT2D eigenvalue weighted by Gasteiger charge is 1.99. The number of benzene rings is 1. The monoisotopic (exact) mass is 256 g/mol. The standard InChI is InChI=1S/C13H12N4S/c1-9-8-18-13(16-9)17-15-7-10-3-2-4-12-11(10)5-6-14-12/h2-8,14H,1H3,(H,16,17). The Kier molecular flexibility index (Phi) is 2.82. The molecular weight excluding hydrogens is 244 g/mol. The summed E-state index contributed by atoms with van der Waals surface area (Å²) in [5.74, 6) is 0. The molecule has 18 heavy (non-hydrogen) atoms. The summed E-state index contributed by atoms with van der Waals surface area (Å²) >= 11 is 1.55. The minimum atomic E-state index is 0.810. The summed E-state index contributed by atoms with van der Waals surface area (Å²) in [7, 11) is 0. The van der Waals surface area contributed by atoms with E-state index >= 15 is 0 Å². The fourth-order valence-corrected chi connectivity index (χ4v) is 2.42. The summed E-state index contributed by atoms with van der Waals surface area (Å²) in [4.78, 5) is 7.46. The van der Waals surface area contributed by atoms with Crippen LogP contribution in [0.5, 0.6) is 0 Å². The normalized spacial score (nSPS) is 11.4. The number of H-pyrrole nitrogens is 1. The maximum atomic E-state index is 4.28. The predicted octanol–water partition coefficient (Wildman–Crippen LogP) is 3.38. The lowest BCUT2D eigenvalue weighted by Crippen LogP contribution is -1.90. The number of anilines is 1. The number of hydrogen-bond donors (Lipinski definition) is 2. The number of aromatic amines is 1. The molecule has 0 aliphatic heterocycles. The molecule has 0 aliphatic rings. The van der Waals surface area contributed by atoms with E-state index in [0.717, 1.165) is 21.9 Å². The van der Waals surface area contributed by atoms with Gasteiger partial charge in [0, 0.05) is 28.0 Å². The van der Waals surface area contributed by atoms with Crippen LogP contribution in [0.15, 0.2) is 40.9 Å². The van der Waals surface area contributed by atoms with Gasteiger partial charge in [0.15, 0.2) is 0 Å². The van der Waals surface area contributed by atoms with Crippen molar-refractivity contribution in [1.29, 1.82) is 0 Å². The highest BCUT2D eigenvalue weighted by atomic mass is 32.1. The van der Waals surface area contributed by atoms with Crippen molar-refractivity contribution in [2.75, 3.05) is 5.43 Å². The quantitative estimate of drug-likeness (QED) is 0.557. The van der Waals surface area contributed by atoms with E-state index in [1.165, 1.54) is 5.39 Å². The van der Waals surface area contributed by atoms with Gasteiger partial charge in [-0.15, -0.1) is 11.3 Å². The van der Waals surface area contributed by atoms with Crippen LogP contribution in [0.2, 0.25) is 0 Å². The van der Waals surface area contributed by atoms with E-state index in [0.29, 0.717) is 0 Å². The van der Waals surface area contributed by atoms with Gasteiger partial charge in [0.25, 0.3) is 0 Å². The van der Waals surface area contributed by atoms with Crippen molar-refractivity contribution in [3.63, 3.8) is 0 Å². The molecule has 0 aliphatic carbocycles. The molecule has 2 heterocycles. The average molecular weight is 256 g/mol. The zero-order valence-corrected chi connectivity index (χ0v) is 10.7. The van der Waals surface area contributed by atoms with E-state index in [9.17, 15) is 0 Å². The molecule has 0 amide bonds. The second kappa shape index (κ2) is 4.62. The largest absolute Gasteiger partial charge is 0.361 e. The molecule has 0 atom stereocenters. The van der Waals surface area contributed by atoms with Gasteiger partial charge in [-0.05, 0) is 19.1 Å². The molecule has 90 valence electrons. The Labute approximate surface area is 108 Å². The van der Waals surface area contributed by atoms with Crippen LogP contribution in [0, 0.1) is 6.92 Å². The molecule has 0 unspecified atom stereocenters. The van der Waals surface area contributed by atoms with Crippen molar-refractivity contribution in [3.8, 4) is 0 Å². The van der Waals surface area contributed by atoms with Gasteiger partial charge in [0.2, 0.25) is 5.13 Å². The van der Waals surface area contributed by atoms with Crippen LogP contribution in [0.25, 0.3) is 10.9 Å². The fourth-order valence-electron chi connectivity index (χ4n) is 1.78. The van der Waals surface area contributed by atoms with Crippen molar-refractivity contribution >= 4 is 33.6 Å². The number of thiazole rings is 1. The number of hydrogen-bond acceptors (Lipinski definition) is 4. The van der Waals surface area contributed by atoms with Gasteiger partial charge in [-0.25, -0.2) is 4.98 Å². The summed E-state index contributed by atoms with van der Waals surface area (Å²) in [5.41, 5.74) is 6.14. The van der Waals surface area contributed by atoms with Crippen LogP contribution in [0.3, 0.4) is 0 Å². The molecule has 4 nitrogen and oxygen atoms in total. The number of aromatic nitrogens is 2. The lowest BCUT2D eigenvalue weighted by atomic mass is 10.1. The van der Waals surface area contributed by atoms with E-state index in [1.54, 1.807) is 11.3 Å². The number of nitrogens with zero attached hydrogens (tertiary/aromatic N) is 2. The van der Waals surface area contributed by atoms with Crippen LogP contribution < -0.4 is 5.43 Å². The third kappa shape index (κ3) is 2.12. The number of nitrogens with one attached hydrogen (secondary N) is 2. The number of aryl methyl sites for hydroxylation is 1. The molecule has 0 saturated heterocycles. The topological polar surface area (TPSA) is 53.1 Å². The van der Waals surface area contributed by atoms with Crippen LogP contribution in [0.4, 0.5) is 5.13 Å². The average Bonchev–Trinajstić information content (AvgIpc) is 2.98. The first kappa shape index (κ1) is 11.0. The molecule has 0 fully saturated rings. The molecule has 2 N–H and O–H groups in total. The van der Waals surface area contributed by atoms with Crippen LogP contribution in [-0.4, -0.2) is 16.2 Å². The summed E-state index contributed by atoms with van der Waals surface area (Å²) in [6, 6.07) is 8.14. The van der Waals surface area contributed by atoms with E-state index in [4.69, 9.17) is 0 Å². The van der Waals surface area contributed by atoms with Crippen molar-refractivity contribution in [2.24, 2.45) is 5.10 Å². The lowest BCUT2D eigenvalue weighted by molar-refractivity contribution is 1.22. The van der Waals surface area contributed by atoms with E-state index in [-0.39, 0.29) is 0 Å². The lowest BCUT2D eigenvalue weighted by Gasteiger charge is -1.96. The minimum absolute atomic E-state index is 0.810. The van der Waals surface area contributed by atoms with Crippen molar-refractivity contribution in [3.05, 3.63) is 47.1 Å². The van der Waals surface area contributed by atoms with Crippen molar-refractivity contribution < 1.29 is 0 Å². The van der Waals surface area contributed by atoms with E-state index in [2.05, 4.69) is 20.5 Å². The van der Waals surface area contributed by atoms with Gasteiger partial charge < -0.3 is 4.98 Å². The maximum absolute atomic E-state index is 4.28. The molecular formula is C13H12N4S.